The molecule has 3 heterocycles. The highest BCUT2D eigenvalue weighted by Crippen LogP contribution is 2.41. The number of carbonyl (C=O) groups excluding carboxylic acids is 2. The number of esters is 1. The fourth-order valence-corrected chi connectivity index (χ4v) is 7.16. The molecule has 2 aliphatic heterocycles. The third-order valence-corrected chi connectivity index (χ3v) is 9.30. The van der Waals surface area contributed by atoms with Gasteiger partial charge in [-0.25, -0.2) is 9.79 Å². The van der Waals surface area contributed by atoms with E-state index in [1.807, 2.05) is 66.4 Å². The molecule has 3 aromatic carbocycles. The third-order valence-electron chi connectivity index (χ3n) is 8.32. The highest BCUT2D eigenvalue weighted by Gasteiger charge is 2.37. The van der Waals surface area contributed by atoms with Gasteiger partial charge in [-0.05, 0) is 66.8 Å². The van der Waals surface area contributed by atoms with Crippen molar-refractivity contribution in [3.05, 3.63) is 103 Å². The third kappa shape index (κ3) is 6.09. The van der Waals surface area contributed by atoms with E-state index in [0.29, 0.717) is 44.1 Å². The number of ether oxygens (including phenoxy) is 3. The largest absolute Gasteiger partial charge is 0.496 e. The summed E-state index contributed by atoms with van der Waals surface area (Å²) in [6.07, 6.45) is 5.18. The summed E-state index contributed by atoms with van der Waals surface area (Å²) in [4.78, 5) is 47.6. The van der Waals surface area contributed by atoms with E-state index in [0.717, 1.165) is 48.7 Å². The minimum Gasteiger partial charge on any atom is -0.496 e. The maximum atomic E-state index is 14.3. The lowest BCUT2D eigenvalue weighted by molar-refractivity contribution is -0.139. The zero-order valence-electron chi connectivity index (χ0n) is 26.3. The van der Waals surface area contributed by atoms with Crippen molar-refractivity contribution in [2.24, 2.45) is 4.99 Å². The maximum absolute atomic E-state index is 14.3. The highest BCUT2D eigenvalue weighted by atomic mass is 32.1. The van der Waals surface area contributed by atoms with Gasteiger partial charge in [-0.15, -0.1) is 0 Å². The number of likely N-dealkylation sites (tertiary alicyclic amines) is 1. The van der Waals surface area contributed by atoms with Gasteiger partial charge in [0.25, 0.3) is 11.5 Å². The summed E-state index contributed by atoms with van der Waals surface area (Å²) in [5.41, 5.74) is 2.20. The molecule has 0 unspecified atom stereocenters. The first-order valence-electron chi connectivity index (χ1n) is 15.7. The molecular formula is C36H37N3O6S. The fourth-order valence-electron chi connectivity index (χ4n) is 6.14. The Balaban J connectivity index is 1.45. The van der Waals surface area contributed by atoms with Crippen LogP contribution >= 0.6 is 11.3 Å². The molecule has 0 N–H and O–H groups in total. The van der Waals surface area contributed by atoms with Crippen LogP contribution in [-0.4, -0.2) is 54.8 Å². The Morgan fingerprint density at radius 1 is 1.02 bits per heavy atom. The number of hydrogen-bond donors (Lipinski definition) is 0. The molecule has 2 aliphatic rings. The quantitative estimate of drug-likeness (QED) is 0.233. The minimum absolute atomic E-state index is 0.00152. The van der Waals surface area contributed by atoms with Crippen LogP contribution in [0.2, 0.25) is 0 Å². The topological polar surface area (TPSA) is 99.4 Å². The van der Waals surface area contributed by atoms with E-state index in [4.69, 9.17) is 19.2 Å². The average Bonchev–Trinajstić information content (AvgIpc) is 3.72. The standard InChI is InChI=1S/C36H37N3O6S/c1-4-10-27-32(35(42)44-5-2)33(31-26-12-7-6-11-24(26)15-18-28(31)43-3)39-34(41)29(46-36(39)37-27)21-23-13-16-25(17-14-23)45-22-30(40)38-19-8-9-20-38/h6-7,11-18,21,33H,4-5,8-10,19-20,22H2,1-3H3/b29-21+/t33-/m1/s1. The second-order valence-corrected chi connectivity index (χ2v) is 12.3. The summed E-state index contributed by atoms with van der Waals surface area (Å²) in [7, 11) is 1.59. The van der Waals surface area contributed by atoms with E-state index >= 15 is 0 Å². The summed E-state index contributed by atoms with van der Waals surface area (Å²) in [6, 6.07) is 18.2. The molecule has 1 amide bonds. The van der Waals surface area contributed by atoms with Gasteiger partial charge in [-0.1, -0.05) is 67.1 Å². The van der Waals surface area contributed by atoms with E-state index < -0.39 is 12.0 Å². The fraction of sp³-hybridized carbons (Fsp3) is 0.333. The Morgan fingerprint density at radius 2 is 1.78 bits per heavy atom. The van der Waals surface area contributed by atoms with Gasteiger partial charge < -0.3 is 19.1 Å². The Bertz CT molecular complexity index is 1990. The molecule has 0 bridgehead atoms. The summed E-state index contributed by atoms with van der Waals surface area (Å²) in [5, 5.41) is 1.84. The molecule has 10 heteroatoms. The first-order chi connectivity index (χ1) is 22.4. The number of nitrogens with zero attached hydrogens (tertiary/aromatic N) is 3. The molecule has 0 radical (unpaired) electrons. The average molecular weight is 640 g/mol. The van der Waals surface area contributed by atoms with Gasteiger partial charge >= 0.3 is 5.97 Å². The molecule has 1 fully saturated rings. The van der Waals surface area contributed by atoms with Gasteiger partial charge in [0.1, 0.15) is 17.5 Å². The number of rotatable bonds is 10. The van der Waals surface area contributed by atoms with Crippen LogP contribution in [0.1, 0.15) is 56.7 Å². The van der Waals surface area contributed by atoms with Gasteiger partial charge in [0, 0.05) is 18.7 Å². The zero-order chi connectivity index (χ0) is 32.2. The molecule has 238 valence electrons. The molecule has 9 nitrogen and oxygen atoms in total. The number of hydrogen-bond acceptors (Lipinski definition) is 8. The Hall–Kier alpha value is -4.70. The van der Waals surface area contributed by atoms with E-state index in [2.05, 4.69) is 0 Å². The number of aromatic nitrogens is 1. The smallest absolute Gasteiger partial charge is 0.338 e. The first kappa shape index (κ1) is 31.3. The molecular weight excluding hydrogens is 602 g/mol. The summed E-state index contributed by atoms with van der Waals surface area (Å²) < 4.78 is 19.3. The number of benzene rings is 3. The molecule has 4 aromatic rings. The normalized spacial score (nSPS) is 16.4. The summed E-state index contributed by atoms with van der Waals surface area (Å²) in [5.74, 6) is 0.640. The van der Waals surface area contributed by atoms with Crippen molar-refractivity contribution in [1.29, 1.82) is 0 Å². The van der Waals surface area contributed by atoms with Gasteiger partial charge in [-0.2, -0.15) is 0 Å². The monoisotopic (exact) mass is 639 g/mol. The van der Waals surface area contributed by atoms with Crippen molar-refractivity contribution >= 4 is 40.1 Å². The molecule has 1 saturated heterocycles. The minimum atomic E-state index is -0.802. The van der Waals surface area contributed by atoms with Crippen molar-refractivity contribution in [3.8, 4) is 11.5 Å². The van der Waals surface area contributed by atoms with Crippen LogP contribution in [-0.2, 0) is 14.3 Å². The predicted molar refractivity (Wildman–Crippen MR) is 178 cm³/mol. The molecule has 0 spiro atoms. The number of methoxy groups -OCH3 is 1. The number of allylic oxidation sites excluding steroid dienone is 1. The number of thiazole rings is 1. The highest BCUT2D eigenvalue weighted by molar-refractivity contribution is 7.07. The molecule has 46 heavy (non-hydrogen) atoms. The van der Waals surface area contributed by atoms with Crippen LogP contribution in [0, 0.1) is 0 Å². The first-order valence-corrected chi connectivity index (χ1v) is 16.5. The van der Waals surface area contributed by atoms with Crippen molar-refractivity contribution in [2.45, 2.75) is 45.6 Å². The van der Waals surface area contributed by atoms with Crippen LogP contribution < -0.4 is 24.4 Å². The maximum Gasteiger partial charge on any atom is 0.338 e. The lowest BCUT2D eigenvalue weighted by Crippen LogP contribution is -2.40. The van der Waals surface area contributed by atoms with Crippen molar-refractivity contribution in [1.82, 2.24) is 9.47 Å². The van der Waals surface area contributed by atoms with E-state index in [1.165, 1.54) is 11.3 Å². The predicted octanol–water partition coefficient (Wildman–Crippen LogP) is 4.74. The van der Waals surface area contributed by atoms with Gasteiger partial charge in [-0.3, -0.25) is 14.2 Å². The lowest BCUT2D eigenvalue weighted by atomic mass is 9.90. The van der Waals surface area contributed by atoms with Gasteiger partial charge in [0.2, 0.25) is 0 Å². The van der Waals surface area contributed by atoms with Crippen molar-refractivity contribution < 1.29 is 23.8 Å². The van der Waals surface area contributed by atoms with E-state index in [1.54, 1.807) is 30.7 Å². The lowest BCUT2D eigenvalue weighted by Gasteiger charge is -2.28. The Kier molecular flexibility index (Phi) is 9.35. The van der Waals surface area contributed by atoms with Crippen LogP contribution in [0.4, 0.5) is 0 Å². The van der Waals surface area contributed by atoms with Gasteiger partial charge in [0.15, 0.2) is 11.4 Å². The molecule has 6 rings (SSSR count). The number of amides is 1. The second kappa shape index (κ2) is 13.7. The Morgan fingerprint density at radius 3 is 2.50 bits per heavy atom. The summed E-state index contributed by atoms with van der Waals surface area (Å²) in [6.45, 7) is 5.56. The van der Waals surface area contributed by atoms with Crippen LogP contribution in [0.3, 0.4) is 0 Å². The van der Waals surface area contributed by atoms with E-state index in [-0.39, 0.29) is 24.7 Å². The van der Waals surface area contributed by atoms with Crippen molar-refractivity contribution in [2.75, 3.05) is 33.4 Å². The second-order valence-electron chi connectivity index (χ2n) is 11.3. The molecule has 1 atom stereocenters. The SMILES string of the molecule is CCCC1=C(C(=O)OCC)[C@@H](c2c(OC)ccc3ccccc23)n2c(s/c(=C/c3ccc(OCC(=O)N4CCCC4)cc3)c2=O)=N1. The van der Waals surface area contributed by atoms with Crippen LogP contribution in [0.25, 0.3) is 16.8 Å². The van der Waals surface area contributed by atoms with Crippen LogP contribution in [0.5, 0.6) is 11.5 Å². The Labute approximate surface area is 271 Å². The number of fused-ring (bicyclic) bond motifs is 2. The molecule has 1 aromatic heterocycles. The molecule has 0 saturated carbocycles. The van der Waals surface area contributed by atoms with Crippen molar-refractivity contribution in [3.63, 3.8) is 0 Å². The van der Waals surface area contributed by atoms with Gasteiger partial charge in [0.05, 0.1) is 29.5 Å². The zero-order valence-corrected chi connectivity index (χ0v) is 27.1. The van der Waals surface area contributed by atoms with Crippen LogP contribution in [0.15, 0.2) is 81.7 Å². The van der Waals surface area contributed by atoms with E-state index in [9.17, 15) is 14.4 Å². The summed E-state index contributed by atoms with van der Waals surface area (Å²) >= 11 is 1.28. The number of carbonyl (C=O) groups is 2. The molecule has 0 aliphatic carbocycles.